The predicted molar refractivity (Wildman–Crippen MR) is 78.3 cm³/mol. The van der Waals surface area contributed by atoms with Crippen molar-refractivity contribution in [2.24, 2.45) is 0 Å². The summed E-state index contributed by atoms with van der Waals surface area (Å²) in [4.78, 5) is 0. The van der Waals surface area contributed by atoms with E-state index in [2.05, 4.69) is 5.32 Å². The first kappa shape index (κ1) is 15.2. The molecular weight excluding hydrogens is 303 g/mol. The van der Waals surface area contributed by atoms with E-state index in [0.717, 1.165) is 0 Å². The van der Waals surface area contributed by atoms with Crippen LogP contribution in [0, 0.1) is 11.6 Å². The van der Waals surface area contributed by atoms with Crippen molar-refractivity contribution in [3.05, 3.63) is 69.2 Å². The Morgan fingerprint density at radius 3 is 2.55 bits per heavy atom. The molecule has 106 valence electrons. The second kappa shape index (κ2) is 6.53. The van der Waals surface area contributed by atoms with E-state index < -0.39 is 11.6 Å². The molecule has 0 heterocycles. The molecule has 0 fully saturated rings. The van der Waals surface area contributed by atoms with Gasteiger partial charge in [0.05, 0.1) is 5.02 Å². The van der Waals surface area contributed by atoms with Gasteiger partial charge in [-0.3, -0.25) is 0 Å². The van der Waals surface area contributed by atoms with Crippen LogP contribution in [0.15, 0.2) is 36.4 Å². The molecule has 1 unspecified atom stereocenters. The van der Waals surface area contributed by atoms with E-state index in [4.69, 9.17) is 23.2 Å². The quantitative estimate of drug-likeness (QED) is 0.856. The number of hydrogen-bond acceptors (Lipinski definition) is 1. The summed E-state index contributed by atoms with van der Waals surface area (Å²) >= 11 is 11.5. The minimum Gasteiger partial charge on any atom is -0.313 e. The monoisotopic (exact) mass is 315 g/mol. The zero-order chi connectivity index (χ0) is 14.7. The third-order valence-corrected chi connectivity index (χ3v) is 3.67. The molecule has 20 heavy (non-hydrogen) atoms. The van der Waals surface area contributed by atoms with Crippen LogP contribution in [0.4, 0.5) is 8.78 Å². The molecule has 1 atom stereocenters. The Kier molecular flexibility index (Phi) is 4.97. The summed E-state index contributed by atoms with van der Waals surface area (Å²) in [5, 5.41) is 3.37. The highest BCUT2D eigenvalue weighted by Gasteiger charge is 2.17. The first-order chi connectivity index (χ1) is 9.52. The zero-order valence-corrected chi connectivity index (χ0v) is 12.3. The summed E-state index contributed by atoms with van der Waals surface area (Å²) < 4.78 is 27.8. The molecule has 0 saturated carbocycles. The third-order valence-electron chi connectivity index (χ3n) is 3.14. The average molecular weight is 316 g/mol. The minimum atomic E-state index is -0.469. The molecule has 0 aliphatic heterocycles. The van der Waals surface area contributed by atoms with E-state index in [9.17, 15) is 8.78 Å². The Bertz CT molecular complexity index is 617. The molecule has 1 N–H and O–H groups in total. The number of likely N-dealkylation sites (N-methyl/N-ethyl adjacent to an activating group) is 1. The van der Waals surface area contributed by atoms with Crippen molar-refractivity contribution >= 4 is 23.2 Å². The predicted octanol–water partition coefficient (Wildman–Crippen LogP) is 4.77. The molecule has 2 aromatic carbocycles. The number of benzene rings is 2. The second-order valence-electron chi connectivity index (χ2n) is 4.42. The molecule has 2 aromatic rings. The summed E-state index contributed by atoms with van der Waals surface area (Å²) in [6.45, 7) is 0. The fraction of sp³-hybridized carbons (Fsp3) is 0.200. The van der Waals surface area contributed by atoms with E-state index in [-0.39, 0.29) is 11.1 Å². The van der Waals surface area contributed by atoms with Gasteiger partial charge in [-0.1, -0.05) is 41.4 Å². The van der Waals surface area contributed by atoms with Crippen molar-refractivity contribution in [3.8, 4) is 0 Å². The average Bonchev–Trinajstić information content (AvgIpc) is 2.41. The summed E-state index contributed by atoms with van der Waals surface area (Å²) in [6, 6.07) is 8.89. The molecule has 0 bridgehead atoms. The number of rotatable bonds is 4. The maximum Gasteiger partial charge on any atom is 0.145 e. The van der Waals surface area contributed by atoms with Gasteiger partial charge < -0.3 is 5.32 Å². The minimum absolute atomic E-state index is 0.0638. The highest BCUT2D eigenvalue weighted by atomic mass is 35.5. The Labute approximate surface area is 126 Å². The first-order valence-corrected chi connectivity index (χ1v) is 6.83. The van der Waals surface area contributed by atoms with Crippen LogP contribution < -0.4 is 5.32 Å². The second-order valence-corrected chi connectivity index (χ2v) is 5.27. The maximum atomic E-state index is 13.9. The van der Waals surface area contributed by atoms with Crippen molar-refractivity contribution in [1.29, 1.82) is 0 Å². The smallest absolute Gasteiger partial charge is 0.145 e. The summed E-state index contributed by atoms with van der Waals surface area (Å²) in [5.74, 6) is -0.886. The fourth-order valence-corrected chi connectivity index (χ4v) is 2.43. The summed E-state index contributed by atoms with van der Waals surface area (Å²) in [6.07, 6.45) is 0.293. The lowest BCUT2D eigenvalue weighted by atomic mass is 9.98. The molecule has 0 amide bonds. The Morgan fingerprint density at radius 1 is 1.15 bits per heavy atom. The lowest BCUT2D eigenvalue weighted by Crippen LogP contribution is -2.20. The third kappa shape index (κ3) is 3.29. The van der Waals surface area contributed by atoms with Gasteiger partial charge in [0, 0.05) is 16.6 Å². The lowest BCUT2D eigenvalue weighted by molar-refractivity contribution is 0.520. The largest absolute Gasteiger partial charge is 0.313 e. The van der Waals surface area contributed by atoms with Crippen LogP contribution in [0.3, 0.4) is 0 Å². The standard InChI is InChI=1S/C15H13Cl2F2N/c1-20-14(11-6-5-10(16)8-13(11)18)7-9-3-2-4-12(17)15(9)19/h2-6,8,14,20H,7H2,1H3. The van der Waals surface area contributed by atoms with Crippen LogP contribution in [0.1, 0.15) is 17.2 Å². The van der Waals surface area contributed by atoms with Crippen molar-refractivity contribution in [3.63, 3.8) is 0 Å². The number of hydrogen-bond donors (Lipinski definition) is 1. The van der Waals surface area contributed by atoms with Gasteiger partial charge in [-0.2, -0.15) is 0 Å². The van der Waals surface area contributed by atoms with Crippen LogP contribution >= 0.6 is 23.2 Å². The fourth-order valence-electron chi connectivity index (χ4n) is 2.08. The van der Waals surface area contributed by atoms with Gasteiger partial charge in [0.1, 0.15) is 11.6 Å². The molecule has 0 aliphatic rings. The maximum absolute atomic E-state index is 13.9. The van der Waals surface area contributed by atoms with Crippen molar-refractivity contribution < 1.29 is 8.78 Å². The molecule has 0 aliphatic carbocycles. The molecule has 0 saturated heterocycles. The van der Waals surface area contributed by atoms with Gasteiger partial charge in [-0.15, -0.1) is 0 Å². The highest BCUT2D eigenvalue weighted by molar-refractivity contribution is 6.31. The molecule has 2 rings (SSSR count). The van der Waals surface area contributed by atoms with Crippen molar-refractivity contribution in [2.75, 3.05) is 7.05 Å². The van der Waals surface area contributed by atoms with Gasteiger partial charge in [-0.05, 0) is 37.2 Å². The normalized spacial score (nSPS) is 12.4. The Balaban J connectivity index is 2.31. The van der Waals surface area contributed by atoms with Gasteiger partial charge in [0.25, 0.3) is 0 Å². The number of halogens is 4. The van der Waals surface area contributed by atoms with E-state index in [1.165, 1.54) is 12.1 Å². The number of nitrogens with one attached hydrogen (secondary N) is 1. The van der Waals surface area contributed by atoms with Crippen LogP contribution in [0.2, 0.25) is 10.0 Å². The van der Waals surface area contributed by atoms with Crippen molar-refractivity contribution in [1.82, 2.24) is 5.32 Å². The molecule has 0 aromatic heterocycles. The lowest BCUT2D eigenvalue weighted by Gasteiger charge is -2.18. The van der Waals surface area contributed by atoms with Gasteiger partial charge in [0.15, 0.2) is 0 Å². The molecule has 5 heteroatoms. The SMILES string of the molecule is CNC(Cc1cccc(Cl)c1F)c1ccc(Cl)cc1F. The molecule has 1 nitrogen and oxygen atoms in total. The van der Waals surface area contributed by atoms with Crippen LogP contribution in [0.25, 0.3) is 0 Å². The molecular formula is C15H13Cl2F2N. The summed E-state index contributed by atoms with van der Waals surface area (Å²) in [5.41, 5.74) is 0.877. The van der Waals surface area contributed by atoms with E-state index in [1.807, 2.05) is 0 Å². The Morgan fingerprint density at radius 2 is 1.90 bits per heavy atom. The highest BCUT2D eigenvalue weighted by Crippen LogP contribution is 2.26. The van der Waals surface area contributed by atoms with Crippen LogP contribution in [0.5, 0.6) is 0 Å². The van der Waals surface area contributed by atoms with Gasteiger partial charge in [0.2, 0.25) is 0 Å². The molecule has 0 radical (unpaired) electrons. The topological polar surface area (TPSA) is 12.0 Å². The molecule has 0 spiro atoms. The summed E-state index contributed by atoms with van der Waals surface area (Å²) in [7, 11) is 1.70. The van der Waals surface area contributed by atoms with E-state index in [0.29, 0.717) is 22.6 Å². The Hall–Kier alpha value is -1.16. The van der Waals surface area contributed by atoms with Gasteiger partial charge in [-0.25, -0.2) is 8.78 Å². The van der Waals surface area contributed by atoms with E-state index in [1.54, 1.807) is 31.3 Å². The first-order valence-electron chi connectivity index (χ1n) is 6.08. The zero-order valence-electron chi connectivity index (χ0n) is 10.8. The van der Waals surface area contributed by atoms with E-state index >= 15 is 0 Å². The van der Waals surface area contributed by atoms with Crippen LogP contribution in [-0.4, -0.2) is 7.05 Å². The van der Waals surface area contributed by atoms with Gasteiger partial charge >= 0.3 is 0 Å². The van der Waals surface area contributed by atoms with Crippen molar-refractivity contribution in [2.45, 2.75) is 12.5 Å². The van der Waals surface area contributed by atoms with Crippen LogP contribution in [-0.2, 0) is 6.42 Å².